The number of nitrogens with zero attached hydrogens (tertiary/aromatic N) is 1. The number of aliphatic hydroxyl groups excluding tert-OH is 2. The molecule has 0 radical (unpaired) electrons. The van der Waals surface area contributed by atoms with Crippen molar-refractivity contribution < 1.29 is 39.5 Å². The molecule has 0 heterocycles. The topological polar surface area (TPSA) is 145 Å². The molecule has 4 N–H and O–H groups in total. The van der Waals surface area contributed by atoms with Crippen LogP contribution in [-0.4, -0.2) is 81.1 Å². The molecule has 0 aromatic heterocycles. The van der Waals surface area contributed by atoms with Crippen molar-refractivity contribution in [3.63, 3.8) is 0 Å². The van der Waals surface area contributed by atoms with Crippen LogP contribution in [0.2, 0.25) is 0 Å². The Morgan fingerprint density at radius 2 is 1.88 bits per heavy atom. The summed E-state index contributed by atoms with van der Waals surface area (Å²) in [5.41, 5.74) is -2.88. The summed E-state index contributed by atoms with van der Waals surface area (Å²) in [5, 5.41) is 44.2. The molecule has 0 aliphatic heterocycles. The second-order valence-electron chi connectivity index (χ2n) is 8.98. The van der Waals surface area contributed by atoms with E-state index >= 15 is 0 Å². The third-order valence-electron chi connectivity index (χ3n) is 6.98. The van der Waals surface area contributed by atoms with E-state index in [1.54, 1.807) is 33.2 Å². The van der Waals surface area contributed by atoms with Crippen LogP contribution >= 0.6 is 0 Å². The smallest absolute Gasteiger partial charge is 0.202 e. The van der Waals surface area contributed by atoms with Crippen molar-refractivity contribution in [1.29, 1.82) is 0 Å². The first-order valence-electron chi connectivity index (χ1n) is 10.8. The predicted octanol–water partition coefficient (Wildman–Crippen LogP) is 1.08. The number of aromatic hydroxyl groups is 1. The molecule has 0 bridgehead atoms. The van der Waals surface area contributed by atoms with Gasteiger partial charge < -0.3 is 25.2 Å². The number of hydrogen-bond donors (Lipinski definition) is 4. The van der Waals surface area contributed by atoms with Gasteiger partial charge in [-0.05, 0) is 46.0 Å². The van der Waals surface area contributed by atoms with Crippen LogP contribution in [0.4, 0.5) is 0 Å². The quantitative estimate of drug-likeness (QED) is 0.488. The van der Waals surface area contributed by atoms with Crippen LogP contribution in [-0.2, 0) is 25.5 Å². The van der Waals surface area contributed by atoms with Crippen LogP contribution in [0.1, 0.15) is 25.0 Å². The Labute approximate surface area is 190 Å². The van der Waals surface area contributed by atoms with Crippen LogP contribution < -0.4 is 0 Å². The van der Waals surface area contributed by atoms with Crippen LogP contribution in [0.5, 0.6) is 5.75 Å². The highest BCUT2D eigenvalue weighted by Crippen LogP contribution is 2.53. The number of ketones is 3. The zero-order valence-electron chi connectivity index (χ0n) is 18.8. The van der Waals surface area contributed by atoms with E-state index in [-0.39, 0.29) is 29.9 Å². The molecule has 4 rings (SSSR count). The normalized spacial score (nSPS) is 31.5. The highest BCUT2D eigenvalue weighted by atomic mass is 16.5. The molecule has 176 valence electrons. The second kappa shape index (κ2) is 7.79. The number of fused-ring (bicyclic) bond motifs is 3. The molecule has 1 saturated carbocycles. The SMILES string of the molecule is CCO[C@H]1[C@H]2[C@H](N(C)C)C(=O)C(C(C)=O)=C(O)[C@@]2(O)C(=O)C2=C(O)c3c(O)cccc3C[C@H]21. The van der Waals surface area contributed by atoms with Crippen molar-refractivity contribution in [2.24, 2.45) is 11.8 Å². The Morgan fingerprint density at radius 3 is 2.45 bits per heavy atom. The fraction of sp³-hybridized carbons (Fsp3) is 0.458. The average molecular weight is 457 g/mol. The molecule has 9 nitrogen and oxygen atoms in total. The molecule has 1 aromatic carbocycles. The molecular formula is C24H27NO8. The lowest BCUT2D eigenvalue weighted by Gasteiger charge is -2.53. The fourth-order valence-corrected chi connectivity index (χ4v) is 5.68. The van der Waals surface area contributed by atoms with E-state index in [0.717, 1.165) is 6.92 Å². The van der Waals surface area contributed by atoms with E-state index < -0.39 is 64.0 Å². The number of aliphatic hydroxyl groups is 3. The summed E-state index contributed by atoms with van der Waals surface area (Å²) in [6.07, 6.45) is -0.762. The highest BCUT2D eigenvalue weighted by molar-refractivity contribution is 6.25. The van der Waals surface area contributed by atoms with Gasteiger partial charge in [-0.3, -0.25) is 19.3 Å². The molecule has 0 amide bonds. The van der Waals surface area contributed by atoms with Crippen molar-refractivity contribution in [2.75, 3.05) is 20.7 Å². The summed E-state index contributed by atoms with van der Waals surface area (Å²) >= 11 is 0. The van der Waals surface area contributed by atoms with E-state index in [1.807, 2.05) is 0 Å². The second-order valence-corrected chi connectivity index (χ2v) is 8.98. The van der Waals surface area contributed by atoms with Gasteiger partial charge in [-0.2, -0.15) is 0 Å². The maximum atomic E-state index is 13.8. The van der Waals surface area contributed by atoms with Gasteiger partial charge in [-0.1, -0.05) is 12.1 Å². The standard InChI is InChI=1S/C24H27NO8/c1-5-33-21-12-9-11-7-6-8-13(27)15(11)19(28)16(12)23(31)24(32)17(21)18(25(3)4)20(29)14(10(2)26)22(24)30/h6-8,12,17-18,21,27-28,30,32H,5,9H2,1-4H3/t12-,17-,18+,21-,24-/m1/s1. The summed E-state index contributed by atoms with van der Waals surface area (Å²) in [5.74, 6) is -6.28. The molecule has 0 unspecified atom stereocenters. The number of hydrogen-bond acceptors (Lipinski definition) is 9. The molecule has 3 aliphatic carbocycles. The molecule has 3 aliphatic rings. The van der Waals surface area contributed by atoms with Gasteiger partial charge in [0.2, 0.25) is 5.78 Å². The minimum Gasteiger partial charge on any atom is -0.508 e. The molecule has 33 heavy (non-hydrogen) atoms. The lowest BCUT2D eigenvalue weighted by atomic mass is 9.56. The summed E-state index contributed by atoms with van der Waals surface area (Å²) in [4.78, 5) is 40.9. The van der Waals surface area contributed by atoms with Crippen LogP contribution in [0, 0.1) is 11.8 Å². The maximum Gasteiger partial charge on any atom is 0.202 e. The van der Waals surface area contributed by atoms with E-state index in [9.17, 15) is 34.8 Å². The van der Waals surface area contributed by atoms with Gasteiger partial charge in [0.05, 0.1) is 23.6 Å². The number of rotatable bonds is 4. The van der Waals surface area contributed by atoms with E-state index in [4.69, 9.17) is 4.74 Å². The number of ether oxygens (including phenoxy) is 1. The van der Waals surface area contributed by atoms with Crippen LogP contribution in [0.25, 0.3) is 5.76 Å². The first-order valence-corrected chi connectivity index (χ1v) is 10.8. The molecule has 9 heteroatoms. The van der Waals surface area contributed by atoms with Crippen molar-refractivity contribution in [3.05, 3.63) is 46.2 Å². The van der Waals surface area contributed by atoms with E-state index in [2.05, 4.69) is 0 Å². The third kappa shape index (κ3) is 2.99. The largest absolute Gasteiger partial charge is 0.508 e. The Morgan fingerprint density at radius 1 is 1.21 bits per heavy atom. The van der Waals surface area contributed by atoms with Crippen molar-refractivity contribution in [3.8, 4) is 5.75 Å². The van der Waals surface area contributed by atoms with Crippen molar-refractivity contribution >= 4 is 23.1 Å². The molecule has 1 aromatic rings. The Balaban J connectivity index is 2.06. The van der Waals surface area contributed by atoms with Gasteiger partial charge in [0.25, 0.3) is 0 Å². The number of likely N-dealkylation sites (N-methyl/N-ethyl adjacent to an activating group) is 1. The number of carbonyl (C=O) groups excluding carboxylic acids is 3. The first kappa shape index (κ1) is 23.2. The van der Waals surface area contributed by atoms with Crippen LogP contribution in [0.3, 0.4) is 0 Å². The maximum absolute atomic E-state index is 13.8. The van der Waals surface area contributed by atoms with E-state index in [0.29, 0.717) is 5.56 Å². The van der Waals surface area contributed by atoms with Gasteiger partial charge in [0.15, 0.2) is 17.2 Å². The van der Waals surface area contributed by atoms with Gasteiger partial charge in [-0.15, -0.1) is 0 Å². The number of carbonyl (C=O) groups is 3. The average Bonchev–Trinajstić information content (AvgIpc) is 2.72. The zero-order valence-corrected chi connectivity index (χ0v) is 18.8. The Kier molecular flexibility index (Phi) is 5.47. The Hall–Kier alpha value is -3.01. The number of phenolic OH excluding ortho intramolecular Hbond substituents is 1. The number of benzene rings is 1. The predicted molar refractivity (Wildman–Crippen MR) is 117 cm³/mol. The first-order chi connectivity index (χ1) is 15.5. The summed E-state index contributed by atoms with van der Waals surface area (Å²) < 4.78 is 5.98. The molecule has 1 fully saturated rings. The summed E-state index contributed by atoms with van der Waals surface area (Å²) in [7, 11) is 3.15. The highest BCUT2D eigenvalue weighted by Gasteiger charge is 2.67. The van der Waals surface area contributed by atoms with Crippen molar-refractivity contribution in [2.45, 2.75) is 38.0 Å². The molecular weight excluding hydrogens is 430 g/mol. The minimum atomic E-state index is -2.68. The fourth-order valence-electron chi connectivity index (χ4n) is 5.68. The minimum absolute atomic E-state index is 0.0701. The van der Waals surface area contributed by atoms with Gasteiger partial charge in [0, 0.05) is 18.1 Å². The van der Waals surface area contributed by atoms with Crippen LogP contribution in [0.15, 0.2) is 35.1 Å². The number of phenols is 1. The molecule has 0 spiro atoms. The lowest BCUT2D eigenvalue weighted by Crippen LogP contribution is -2.70. The Bertz CT molecular complexity index is 1130. The monoisotopic (exact) mass is 457 g/mol. The summed E-state index contributed by atoms with van der Waals surface area (Å²) in [6.45, 7) is 2.95. The summed E-state index contributed by atoms with van der Waals surface area (Å²) in [6, 6.07) is 3.55. The zero-order chi connectivity index (χ0) is 24.4. The number of Topliss-reactive ketones (excluding diaryl/α,β-unsaturated/α-hetero) is 3. The van der Waals surface area contributed by atoms with Gasteiger partial charge >= 0.3 is 0 Å². The molecule has 5 atom stereocenters. The van der Waals surface area contributed by atoms with Gasteiger partial charge in [0.1, 0.15) is 22.8 Å². The third-order valence-corrected chi connectivity index (χ3v) is 6.98. The molecule has 0 saturated heterocycles. The van der Waals surface area contributed by atoms with Crippen molar-refractivity contribution in [1.82, 2.24) is 4.90 Å². The van der Waals surface area contributed by atoms with E-state index in [1.165, 1.54) is 11.0 Å². The lowest BCUT2D eigenvalue weighted by molar-refractivity contribution is -0.174. The van der Waals surface area contributed by atoms with Gasteiger partial charge in [-0.25, -0.2) is 0 Å².